The highest BCUT2D eigenvalue weighted by molar-refractivity contribution is 5.92. The number of carboxylic acids is 1. The van der Waals surface area contributed by atoms with Crippen molar-refractivity contribution in [3.05, 3.63) is 71.3 Å². The summed E-state index contributed by atoms with van der Waals surface area (Å²) in [5.41, 5.74) is 2.43. The lowest BCUT2D eigenvalue weighted by Crippen LogP contribution is -2.54. The number of ether oxygens (including phenoxy) is 3. The predicted molar refractivity (Wildman–Crippen MR) is 252 cm³/mol. The summed E-state index contributed by atoms with van der Waals surface area (Å²) in [4.78, 5) is 98.6. The molecule has 0 radical (unpaired) electrons. The summed E-state index contributed by atoms with van der Waals surface area (Å²) in [6.45, 7) is 15.2. The van der Waals surface area contributed by atoms with Crippen molar-refractivity contribution in [3.8, 4) is 0 Å². The number of benzene rings is 2. The van der Waals surface area contributed by atoms with Gasteiger partial charge in [-0.3, -0.25) is 28.8 Å². The summed E-state index contributed by atoms with van der Waals surface area (Å²) in [5.74, 6) is -4.94. The number of likely N-dealkylation sites (N-methyl/N-ethyl adjacent to an activating group) is 2. The molecule has 1 aliphatic heterocycles. The minimum absolute atomic E-state index is 0.0185. The summed E-state index contributed by atoms with van der Waals surface area (Å²) in [6.07, 6.45) is 0.120. The van der Waals surface area contributed by atoms with Crippen LogP contribution in [0.15, 0.2) is 54.6 Å². The molecule has 0 aliphatic carbocycles. The number of carbonyl (C=O) groups is 7. The van der Waals surface area contributed by atoms with Gasteiger partial charge in [-0.15, -0.1) is 0 Å². The van der Waals surface area contributed by atoms with E-state index in [1.165, 1.54) is 33.1 Å². The van der Waals surface area contributed by atoms with E-state index >= 15 is 0 Å². The molecule has 1 heterocycles. The number of carbonyl (C=O) groups excluding carboxylic acids is 6. The number of Topliss-reactive ketones (excluding diaryl/α,β-unsaturated/α-hetero) is 3. The average Bonchev–Trinajstić information content (AvgIpc) is 3.76. The van der Waals surface area contributed by atoms with Crippen molar-refractivity contribution >= 4 is 41.2 Å². The van der Waals surface area contributed by atoms with Crippen LogP contribution in [0, 0.1) is 35.5 Å². The third-order valence-electron chi connectivity index (χ3n) is 13.5. The molecular formula is C52H77N3O11. The topological polar surface area (TPSA) is 177 Å². The third kappa shape index (κ3) is 15.3. The second-order valence-corrected chi connectivity index (χ2v) is 19.1. The Morgan fingerprint density at radius 3 is 1.92 bits per heavy atom. The molecule has 9 atom stereocenters. The van der Waals surface area contributed by atoms with Crippen molar-refractivity contribution in [1.29, 1.82) is 0 Å². The lowest BCUT2D eigenvalue weighted by Gasteiger charge is -2.41. The first-order valence-corrected chi connectivity index (χ1v) is 23.6. The summed E-state index contributed by atoms with van der Waals surface area (Å²) in [7, 11) is 6.25. The normalized spacial score (nSPS) is 17.5. The molecule has 2 aromatic carbocycles. The molecule has 3 amide bonds. The van der Waals surface area contributed by atoms with Crippen LogP contribution in [-0.4, -0.2) is 126 Å². The number of hydrogen-bond acceptors (Lipinski definition) is 10. The van der Waals surface area contributed by atoms with Gasteiger partial charge in [-0.1, -0.05) is 109 Å². The van der Waals surface area contributed by atoms with Crippen molar-refractivity contribution in [1.82, 2.24) is 14.7 Å². The van der Waals surface area contributed by atoms with Crippen LogP contribution in [-0.2, 0) is 62.4 Å². The number of nitrogens with zero attached hydrogens (tertiary/aromatic N) is 3. The van der Waals surface area contributed by atoms with Crippen LogP contribution in [0.25, 0.3) is 0 Å². The Labute approximate surface area is 393 Å². The third-order valence-corrected chi connectivity index (χ3v) is 13.5. The Morgan fingerprint density at radius 2 is 1.39 bits per heavy atom. The molecule has 1 saturated heterocycles. The van der Waals surface area contributed by atoms with Gasteiger partial charge in [-0.25, -0.2) is 4.79 Å². The Balaban J connectivity index is 1.75. The molecule has 0 unspecified atom stereocenters. The molecule has 366 valence electrons. The van der Waals surface area contributed by atoms with Gasteiger partial charge in [-0.05, 0) is 60.6 Å². The SMILES string of the molecule is CC[C@H](C)[C@@H]([C@@H](CC(=O)N1CCC[C@H]1[C@H](OC)[C@@H](C)C(=O)C[C@@H](Cc1ccccc1)C(=O)O)OC)N(C)C(=O)[C@@H](CC(=O)[C@H](C(C)C)N(C)C(=O)OCc1ccc(CC(C)=O)cc1)C(C)C. The van der Waals surface area contributed by atoms with Crippen LogP contribution in [0.4, 0.5) is 4.79 Å². The van der Waals surface area contributed by atoms with Gasteiger partial charge >= 0.3 is 12.1 Å². The van der Waals surface area contributed by atoms with Gasteiger partial charge < -0.3 is 34.0 Å². The maximum atomic E-state index is 14.6. The zero-order valence-electron chi connectivity index (χ0n) is 41.5. The van der Waals surface area contributed by atoms with Crippen LogP contribution >= 0.6 is 0 Å². The number of rotatable bonds is 27. The highest BCUT2D eigenvalue weighted by Gasteiger charge is 2.44. The molecule has 1 fully saturated rings. The molecule has 0 saturated carbocycles. The van der Waals surface area contributed by atoms with Crippen molar-refractivity contribution in [2.75, 3.05) is 34.9 Å². The number of hydrogen-bond donors (Lipinski definition) is 1. The van der Waals surface area contributed by atoms with E-state index in [0.29, 0.717) is 32.2 Å². The molecule has 0 aromatic heterocycles. The van der Waals surface area contributed by atoms with Gasteiger partial charge in [0.2, 0.25) is 11.8 Å². The number of amides is 3. The quantitative estimate of drug-likeness (QED) is 0.0941. The minimum Gasteiger partial charge on any atom is -0.481 e. The summed E-state index contributed by atoms with van der Waals surface area (Å²) in [5, 5.41) is 10.0. The van der Waals surface area contributed by atoms with E-state index in [1.54, 1.807) is 35.9 Å². The largest absolute Gasteiger partial charge is 0.481 e. The first kappa shape index (κ1) is 55.4. The van der Waals surface area contributed by atoms with E-state index in [9.17, 15) is 38.7 Å². The van der Waals surface area contributed by atoms with E-state index in [4.69, 9.17) is 14.2 Å². The molecule has 0 spiro atoms. The number of carboxylic acid groups (broad SMARTS) is 1. The highest BCUT2D eigenvalue weighted by Crippen LogP contribution is 2.32. The van der Waals surface area contributed by atoms with Gasteiger partial charge in [0, 0.05) is 66.0 Å². The average molecular weight is 920 g/mol. The Morgan fingerprint density at radius 1 is 0.773 bits per heavy atom. The van der Waals surface area contributed by atoms with Gasteiger partial charge in [0.15, 0.2) is 5.78 Å². The van der Waals surface area contributed by atoms with Gasteiger partial charge in [0.1, 0.15) is 18.2 Å². The van der Waals surface area contributed by atoms with E-state index in [2.05, 4.69) is 0 Å². The summed E-state index contributed by atoms with van der Waals surface area (Å²) < 4.78 is 17.6. The fourth-order valence-corrected chi connectivity index (χ4v) is 9.56. The Hall–Kier alpha value is -4.95. The minimum atomic E-state index is -1.05. The van der Waals surface area contributed by atoms with Crippen LogP contribution in [0.1, 0.15) is 111 Å². The molecule has 0 bridgehead atoms. The molecule has 66 heavy (non-hydrogen) atoms. The first-order chi connectivity index (χ1) is 31.2. The molecule has 2 aromatic rings. The van der Waals surface area contributed by atoms with Crippen LogP contribution < -0.4 is 0 Å². The maximum Gasteiger partial charge on any atom is 0.410 e. The van der Waals surface area contributed by atoms with Crippen LogP contribution in [0.2, 0.25) is 0 Å². The van der Waals surface area contributed by atoms with E-state index < -0.39 is 60.1 Å². The molecule has 14 heteroatoms. The second kappa shape index (κ2) is 26.4. The monoisotopic (exact) mass is 920 g/mol. The Bertz CT molecular complexity index is 1920. The smallest absolute Gasteiger partial charge is 0.410 e. The molecular weight excluding hydrogens is 843 g/mol. The van der Waals surface area contributed by atoms with E-state index in [1.807, 2.05) is 84.0 Å². The van der Waals surface area contributed by atoms with Crippen molar-refractivity contribution in [2.24, 2.45) is 35.5 Å². The number of aliphatic carboxylic acids is 1. The predicted octanol–water partition coefficient (Wildman–Crippen LogP) is 7.47. The second-order valence-electron chi connectivity index (χ2n) is 19.1. The van der Waals surface area contributed by atoms with Gasteiger partial charge in [-0.2, -0.15) is 0 Å². The van der Waals surface area contributed by atoms with Crippen LogP contribution in [0.3, 0.4) is 0 Å². The zero-order valence-corrected chi connectivity index (χ0v) is 41.5. The standard InChI is InChI=1S/C52H77N3O11/c1-13-34(6)48(45(64-11)30-46(59)55-25-17-20-42(55)49(65-12)36(8)43(57)28-40(51(61)62)27-37-18-15-14-16-19-37)53(9)50(60)41(32(2)3)29-44(58)47(33(4)5)54(10)52(63)66-31-39-23-21-38(22-24-39)26-35(7)56/h14-16,18-19,21-24,32-34,36,40-42,45,47-49H,13,17,20,25-31H2,1-12H3,(H,61,62)/t34-,36-,40+,41-,42-,45+,47-,48-,49+/m0/s1. The number of ketones is 3. The zero-order chi connectivity index (χ0) is 49.4. The Kier molecular flexibility index (Phi) is 22.2. The van der Waals surface area contributed by atoms with Crippen molar-refractivity contribution in [3.63, 3.8) is 0 Å². The molecule has 14 nitrogen and oxygen atoms in total. The lowest BCUT2D eigenvalue weighted by molar-refractivity contribution is -0.149. The lowest BCUT2D eigenvalue weighted by atomic mass is 9.83. The molecule has 1 aliphatic rings. The summed E-state index contributed by atoms with van der Waals surface area (Å²) >= 11 is 0. The molecule has 1 N–H and O–H groups in total. The van der Waals surface area contributed by atoms with Crippen molar-refractivity contribution < 1.29 is 52.9 Å². The van der Waals surface area contributed by atoms with Crippen LogP contribution in [0.5, 0.6) is 0 Å². The fraction of sp³-hybridized carbons (Fsp3) is 0.635. The number of likely N-dealkylation sites (tertiary alicyclic amines) is 1. The van der Waals surface area contributed by atoms with Crippen molar-refractivity contribution in [2.45, 2.75) is 144 Å². The summed E-state index contributed by atoms with van der Waals surface area (Å²) in [6, 6.07) is 14.6. The highest BCUT2D eigenvalue weighted by atomic mass is 16.6. The van der Waals surface area contributed by atoms with Gasteiger partial charge in [0.25, 0.3) is 0 Å². The maximum absolute atomic E-state index is 14.6. The number of methoxy groups -OCH3 is 2. The molecule has 3 rings (SSSR count). The van der Waals surface area contributed by atoms with Gasteiger partial charge in [0.05, 0.1) is 42.7 Å². The van der Waals surface area contributed by atoms with E-state index in [0.717, 1.165) is 16.7 Å². The fourth-order valence-electron chi connectivity index (χ4n) is 9.56. The van der Waals surface area contributed by atoms with E-state index in [-0.39, 0.29) is 79.2 Å². The first-order valence-electron chi connectivity index (χ1n) is 23.6.